The molecule has 2 heterocycles. The van der Waals surface area contributed by atoms with Gasteiger partial charge in [0.15, 0.2) is 5.78 Å². The summed E-state index contributed by atoms with van der Waals surface area (Å²) < 4.78 is 20.9. The Labute approximate surface area is 189 Å². The molecule has 0 fully saturated rings. The fourth-order valence-electron chi connectivity index (χ4n) is 4.21. The van der Waals surface area contributed by atoms with Crippen molar-refractivity contribution >= 4 is 23.5 Å². The number of hydrogen-bond acceptors (Lipinski definition) is 6. The molecule has 1 aliphatic carbocycles. The van der Waals surface area contributed by atoms with Gasteiger partial charge in [0.1, 0.15) is 17.6 Å². The lowest BCUT2D eigenvalue weighted by molar-refractivity contribution is -0.116. The van der Waals surface area contributed by atoms with Crippen molar-refractivity contribution < 1.29 is 13.9 Å². The van der Waals surface area contributed by atoms with Crippen LogP contribution in [0.1, 0.15) is 43.4 Å². The predicted molar refractivity (Wildman–Crippen MR) is 121 cm³/mol. The number of hydrogen-bond donors (Lipinski definition) is 1. The van der Waals surface area contributed by atoms with Gasteiger partial charge >= 0.3 is 0 Å². The summed E-state index contributed by atoms with van der Waals surface area (Å²) in [6, 6.07) is 13.8. The molecular formula is C24H23FN4O2S. The average molecular weight is 451 g/mol. The first-order chi connectivity index (χ1) is 15.6. The van der Waals surface area contributed by atoms with E-state index in [1.807, 2.05) is 31.2 Å². The molecule has 0 saturated carbocycles. The number of thioether (sulfide) groups is 1. The summed E-state index contributed by atoms with van der Waals surface area (Å²) >= 11 is 1.48. The maximum atomic E-state index is 13.2. The number of anilines is 1. The van der Waals surface area contributed by atoms with Crippen LogP contribution < -0.4 is 10.1 Å². The molecule has 1 aromatic heterocycles. The van der Waals surface area contributed by atoms with Crippen LogP contribution in [-0.2, 0) is 10.5 Å². The van der Waals surface area contributed by atoms with Crippen LogP contribution in [0.4, 0.5) is 10.3 Å². The van der Waals surface area contributed by atoms with E-state index in [0.29, 0.717) is 29.9 Å². The molecule has 164 valence electrons. The Bertz CT molecular complexity index is 1190. The van der Waals surface area contributed by atoms with Gasteiger partial charge in [0.05, 0.1) is 6.61 Å². The summed E-state index contributed by atoms with van der Waals surface area (Å²) in [5.41, 5.74) is 3.56. The summed E-state index contributed by atoms with van der Waals surface area (Å²) in [6.07, 6.45) is 2.16. The first-order valence-corrected chi connectivity index (χ1v) is 11.7. The molecule has 0 saturated heterocycles. The lowest BCUT2D eigenvalue weighted by Gasteiger charge is -2.32. The Morgan fingerprint density at radius 2 is 2.00 bits per heavy atom. The molecule has 2 aliphatic rings. The lowest BCUT2D eigenvalue weighted by Crippen LogP contribution is -2.31. The number of fused-ring (bicyclic) bond motifs is 1. The number of ether oxygens (including phenoxy) is 1. The van der Waals surface area contributed by atoms with Crippen molar-refractivity contribution in [2.45, 2.75) is 43.1 Å². The van der Waals surface area contributed by atoms with E-state index < -0.39 is 0 Å². The molecule has 32 heavy (non-hydrogen) atoms. The van der Waals surface area contributed by atoms with Crippen LogP contribution in [0.25, 0.3) is 0 Å². The summed E-state index contributed by atoms with van der Waals surface area (Å²) in [7, 11) is 0. The van der Waals surface area contributed by atoms with E-state index in [9.17, 15) is 9.18 Å². The second-order valence-electron chi connectivity index (χ2n) is 7.75. The van der Waals surface area contributed by atoms with E-state index in [2.05, 4.69) is 5.32 Å². The zero-order chi connectivity index (χ0) is 22.1. The zero-order valence-corrected chi connectivity index (χ0v) is 18.5. The van der Waals surface area contributed by atoms with Gasteiger partial charge in [0.2, 0.25) is 11.1 Å². The Morgan fingerprint density at radius 1 is 1.19 bits per heavy atom. The third-order valence-corrected chi connectivity index (χ3v) is 6.55. The summed E-state index contributed by atoms with van der Waals surface area (Å²) in [5.74, 6) is 1.87. The quantitative estimate of drug-likeness (QED) is 0.525. The number of halogens is 1. The minimum absolute atomic E-state index is 0.136. The Balaban J connectivity index is 1.52. The number of allylic oxidation sites excluding steroid dienone is 2. The highest BCUT2D eigenvalue weighted by atomic mass is 32.2. The third kappa shape index (κ3) is 3.90. The normalized spacial score (nSPS) is 17.6. The molecule has 0 unspecified atom stereocenters. The molecule has 5 rings (SSSR count). The van der Waals surface area contributed by atoms with Crippen molar-refractivity contribution in [3.63, 3.8) is 0 Å². The second kappa shape index (κ2) is 8.78. The van der Waals surface area contributed by atoms with Gasteiger partial charge in [-0.15, -0.1) is 5.10 Å². The van der Waals surface area contributed by atoms with Crippen LogP contribution in [0.2, 0.25) is 0 Å². The molecule has 1 atom stereocenters. The van der Waals surface area contributed by atoms with E-state index in [-0.39, 0.29) is 17.6 Å². The molecule has 1 aliphatic heterocycles. The molecule has 2 aromatic carbocycles. The molecule has 8 heteroatoms. The van der Waals surface area contributed by atoms with Gasteiger partial charge in [0.25, 0.3) is 0 Å². The topological polar surface area (TPSA) is 69.0 Å². The number of ketones is 1. The number of carbonyl (C=O) groups excluding carboxylic acids is 1. The highest BCUT2D eigenvalue weighted by molar-refractivity contribution is 7.98. The molecule has 0 bridgehead atoms. The maximum Gasteiger partial charge on any atom is 0.227 e. The van der Waals surface area contributed by atoms with Crippen molar-refractivity contribution in [3.8, 4) is 5.75 Å². The fraction of sp³-hybridized carbons (Fsp3) is 0.292. The summed E-state index contributed by atoms with van der Waals surface area (Å²) in [4.78, 5) is 17.7. The van der Waals surface area contributed by atoms with Crippen molar-refractivity contribution in [3.05, 3.63) is 76.7 Å². The van der Waals surface area contributed by atoms with Gasteiger partial charge in [-0.3, -0.25) is 4.79 Å². The van der Waals surface area contributed by atoms with Gasteiger partial charge in [-0.05, 0) is 43.5 Å². The monoisotopic (exact) mass is 450 g/mol. The van der Waals surface area contributed by atoms with Crippen molar-refractivity contribution in [2.24, 2.45) is 0 Å². The zero-order valence-electron chi connectivity index (χ0n) is 17.7. The SMILES string of the molecule is CCOc1ccccc1[C@H]1C2=C(CCCC2=O)Nc2nc(SCc3ccc(F)cc3)nn21. The van der Waals surface area contributed by atoms with E-state index >= 15 is 0 Å². The number of para-hydroxylation sites is 1. The maximum absolute atomic E-state index is 13.2. The Kier molecular flexibility index (Phi) is 5.70. The number of carbonyl (C=O) groups is 1. The second-order valence-corrected chi connectivity index (χ2v) is 8.69. The minimum atomic E-state index is -0.385. The van der Waals surface area contributed by atoms with Crippen LogP contribution in [-0.4, -0.2) is 27.2 Å². The van der Waals surface area contributed by atoms with Crippen LogP contribution in [0.5, 0.6) is 5.75 Å². The van der Waals surface area contributed by atoms with Crippen LogP contribution in [0.3, 0.4) is 0 Å². The van der Waals surface area contributed by atoms with E-state index in [4.69, 9.17) is 14.8 Å². The summed E-state index contributed by atoms with van der Waals surface area (Å²) in [5, 5.41) is 8.71. The summed E-state index contributed by atoms with van der Waals surface area (Å²) in [6.45, 7) is 2.48. The smallest absolute Gasteiger partial charge is 0.227 e. The molecule has 0 amide bonds. The Hall–Kier alpha value is -3.13. The first kappa shape index (κ1) is 20.8. The molecular weight excluding hydrogens is 427 g/mol. The molecule has 6 nitrogen and oxygen atoms in total. The first-order valence-electron chi connectivity index (χ1n) is 10.7. The largest absolute Gasteiger partial charge is 0.494 e. The highest BCUT2D eigenvalue weighted by Crippen LogP contribution is 2.43. The van der Waals surface area contributed by atoms with Crippen molar-refractivity contribution in [1.82, 2.24) is 14.8 Å². The number of aromatic nitrogens is 3. The number of nitrogens with one attached hydrogen (secondary N) is 1. The van der Waals surface area contributed by atoms with Gasteiger partial charge in [-0.25, -0.2) is 9.07 Å². The number of benzene rings is 2. The van der Waals surface area contributed by atoms with Crippen LogP contribution in [0.15, 0.2) is 65.0 Å². The van der Waals surface area contributed by atoms with Gasteiger partial charge in [0, 0.05) is 29.0 Å². The molecule has 1 N–H and O–H groups in total. The fourth-order valence-corrected chi connectivity index (χ4v) is 4.99. The number of Topliss-reactive ketones (excluding diaryl/α,β-unsaturated/α-hetero) is 1. The molecule has 0 radical (unpaired) electrons. The lowest BCUT2D eigenvalue weighted by atomic mass is 9.85. The molecule has 3 aromatic rings. The Morgan fingerprint density at radius 3 is 2.81 bits per heavy atom. The number of rotatable bonds is 6. The van der Waals surface area contributed by atoms with Crippen LogP contribution >= 0.6 is 11.8 Å². The van der Waals surface area contributed by atoms with Crippen molar-refractivity contribution in [1.29, 1.82) is 0 Å². The van der Waals surface area contributed by atoms with Crippen molar-refractivity contribution in [2.75, 3.05) is 11.9 Å². The van der Waals surface area contributed by atoms with Gasteiger partial charge in [-0.1, -0.05) is 42.1 Å². The molecule has 0 spiro atoms. The van der Waals surface area contributed by atoms with E-state index in [1.165, 1.54) is 23.9 Å². The highest BCUT2D eigenvalue weighted by Gasteiger charge is 2.38. The third-order valence-electron chi connectivity index (χ3n) is 5.64. The number of nitrogens with zero attached hydrogens (tertiary/aromatic N) is 3. The standard InChI is InChI=1S/C24H23FN4O2S/c1-2-31-20-9-4-3-6-17(20)22-21-18(7-5-8-19(21)30)26-23-27-24(28-29(22)23)32-14-15-10-12-16(25)13-11-15/h3-4,6,9-13,22H,2,5,7-8,14H2,1H3,(H,26,27,28)/t22-/m0/s1. The van der Waals surface area contributed by atoms with E-state index in [0.717, 1.165) is 41.0 Å². The minimum Gasteiger partial charge on any atom is -0.494 e. The van der Waals surface area contributed by atoms with Crippen LogP contribution in [0, 0.1) is 5.82 Å². The average Bonchev–Trinajstić information content (AvgIpc) is 3.21. The van der Waals surface area contributed by atoms with Gasteiger partial charge in [-0.2, -0.15) is 4.98 Å². The van der Waals surface area contributed by atoms with Gasteiger partial charge < -0.3 is 10.1 Å². The van der Waals surface area contributed by atoms with E-state index in [1.54, 1.807) is 16.8 Å². The predicted octanol–water partition coefficient (Wildman–Crippen LogP) is 5.13.